The molecular weight excluding hydrogens is 1080 g/mol. The zero-order chi connectivity index (χ0) is 58.6. The normalized spacial score (nSPS) is 21.5. The lowest BCUT2D eigenvalue weighted by atomic mass is 9.64. The first-order chi connectivity index (χ1) is 40.9. The Morgan fingerprint density at radius 1 is 0.774 bits per heavy atom. The van der Waals surface area contributed by atoms with Crippen molar-refractivity contribution >= 4 is 47.2 Å². The minimum absolute atomic E-state index is 0.0181. The number of carbonyl (C=O) groups is 6. The number of imide groups is 1. The zero-order valence-corrected chi connectivity index (χ0v) is 45.7. The summed E-state index contributed by atoms with van der Waals surface area (Å²) in [7, 11) is 2.26. The summed E-state index contributed by atoms with van der Waals surface area (Å²) in [6, 6.07) is 36.9. The highest BCUT2D eigenvalue weighted by Gasteiger charge is 2.76. The number of amides is 3. The molecule has 0 bridgehead atoms. The molecule has 0 radical (unpaired) electrons. The van der Waals surface area contributed by atoms with Crippen LogP contribution in [0.1, 0.15) is 63.6 Å². The lowest BCUT2D eigenvalue weighted by Crippen LogP contribution is -2.59. The van der Waals surface area contributed by atoms with E-state index in [1.54, 1.807) is 35.2 Å². The molecule has 0 saturated carbocycles. The number of anilines is 1. The topological polar surface area (TPSA) is 243 Å². The molecule has 5 heterocycles. The van der Waals surface area contributed by atoms with Crippen LogP contribution in [0.15, 0.2) is 146 Å². The third-order valence-corrected chi connectivity index (χ3v) is 16.0. The Bertz CT molecular complexity index is 3570. The van der Waals surface area contributed by atoms with Gasteiger partial charge in [-0.15, -0.1) is 0 Å². The number of fused-ring (bicyclic) bond motifs is 4. The maximum Gasteiger partial charge on any atom is 0.421 e. The summed E-state index contributed by atoms with van der Waals surface area (Å²) in [4.78, 5) is 108. The third-order valence-electron chi connectivity index (χ3n) is 16.0. The standard InChI is InChI=1S/C63H57N5O16/c1-78-58(71)46(59(72)79-2)18-11-12-39-22-26-48-47(34-39)63(61(74)66(48)62(75)81-37-40-20-24-44(25-21-40)68(76)77)52(57(70)65-30-28-64(29-31-65)36-41-23-27-50-51(35-41)83-38-82-50)54-60(73)84-55(43-15-7-4-8-16-43)53(42-13-5-3-6-14-42)67(54)56(63)45-17-9-10-19-49(45)80-33-32-69/h3-10,13-17,19-27,34-35,46,52-56,69H,18,28-33,36-38H2,1-2H3/t52-,53-,54-,55+,56+,63-/m1/s1. The average Bonchev–Trinajstić information content (AvgIpc) is 1.56. The summed E-state index contributed by atoms with van der Waals surface area (Å²) in [5.41, 5.74) is 0.694. The molecular formula is C63H57N5O16. The fourth-order valence-corrected chi connectivity index (χ4v) is 12.3. The SMILES string of the molecule is COC(=O)C(CC#Cc1ccc2c(c1)[C@]1(C(=O)N2C(=O)OCc2ccc([N+](=O)[O-])cc2)[C@H](c2ccccc2OCCO)N2[C@H](c3ccccc3)[C@H](c3ccccc3)OC(=O)[C@H]2[C@@H]1C(=O)N1CCN(Cc2ccc3c(c2)OCO3)CC1)C(=O)OC. The highest BCUT2D eigenvalue weighted by Crippen LogP contribution is 2.67. The van der Waals surface area contributed by atoms with Gasteiger partial charge >= 0.3 is 24.0 Å². The molecule has 21 heteroatoms. The highest BCUT2D eigenvalue weighted by atomic mass is 16.7. The van der Waals surface area contributed by atoms with Crippen LogP contribution >= 0.6 is 0 Å². The van der Waals surface area contributed by atoms with Crippen molar-refractivity contribution in [3.63, 3.8) is 0 Å². The van der Waals surface area contributed by atoms with Crippen LogP contribution in [0.25, 0.3) is 0 Å². The van der Waals surface area contributed by atoms with E-state index in [1.165, 1.54) is 36.4 Å². The van der Waals surface area contributed by atoms with Gasteiger partial charge in [-0.25, -0.2) is 9.69 Å². The van der Waals surface area contributed by atoms with Crippen molar-refractivity contribution in [1.29, 1.82) is 0 Å². The number of benzene rings is 6. The lowest BCUT2D eigenvalue weighted by Gasteiger charge is -2.46. The average molecular weight is 1140 g/mol. The maximum atomic E-state index is 17.0. The number of nitro groups is 1. The summed E-state index contributed by atoms with van der Waals surface area (Å²) < 4.78 is 40.0. The Labute approximate surface area is 482 Å². The summed E-state index contributed by atoms with van der Waals surface area (Å²) in [6.45, 7) is 0.658. The predicted octanol–water partition coefficient (Wildman–Crippen LogP) is 6.75. The summed E-state index contributed by atoms with van der Waals surface area (Å²) in [5.74, 6) is 0.163. The first kappa shape index (κ1) is 56.3. The van der Waals surface area contributed by atoms with Crippen molar-refractivity contribution in [2.45, 2.75) is 49.2 Å². The Morgan fingerprint density at radius 2 is 1.44 bits per heavy atom. The largest absolute Gasteiger partial charge is 0.491 e. The van der Waals surface area contributed by atoms with Gasteiger partial charge in [-0.05, 0) is 76.3 Å². The Morgan fingerprint density at radius 3 is 2.13 bits per heavy atom. The second kappa shape index (κ2) is 24.1. The summed E-state index contributed by atoms with van der Waals surface area (Å²) >= 11 is 0. The van der Waals surface area contributed by atoms with Crippen molar-refractivity contribution in [2.24, 2.45) is 11.8 Å². The number of cyclic esters (lactones) is 1. The van der Waals surface area contributed by atoms with Crippen LogP contribution in [0.3, 0.4) is 0 Å². The molecule has 0 aliphatic carbocycles. The van der Waals surface area contributed by atoms with Crippen molar-refractivity contribution < 1.29 is 72.0 Å². The van der Waals surface area contributed by atoms with E-state index in [1.807, 2.05) is 83.8 Å². The number of non-ortho nitro benzene ring substituents is 1. The van der Waals surface area contributed by atoms with E-state index in [-0.39, 0.29) is 61.2 Å². The quantitative estimate of drug-likeness (QED) is 0.0279. The van der Waals surface area contributed by atoms with Gasteiger partial charge in [-0.1, -0.05) is 96.8 Å². The van der Waals surface area contributed by atoms with Crippen LogP contribution in [-0.2, 0) is 61.5 Å². The molecule has 1 spiro atoms. The molecule has 84 heavy (non-hydrogen) atoms. The third kappa shape index (κ3) is 10.4. The molecule has 5 aliphatic rings. The number of carbonyl (C=O) groups excluding carboxylic acids is 6. The number of esters is 3. The van der Waals surface area contributed by atoms with Crippen LogP contribution in [0.5, 0.6) is 17.2 Å². The predicted molar refractivity (Wildman–Crippen MR) is 298 cm³/mol. The van der Waals surface area contributed by atoms with Crippen molar-refractivity contribution in [2.75, 3.05) is 65.3 Å². The van der Waals surface area contributed by atoms with Crippen LogP contribution < -0.4 is 19.1 Å². The molecule has 6 atom stereocenters. The van der Waals surface area contributed by atoms with Gasteiger partial charge in [0.2, 0.25) is 18.6 Å². The van der Waals surface area contributed by atoms with Crippen LogP contribution in [0.4, 0.5) is 16.2 Å². The van der Waals surface area contributed by atoms with Gasteiger partial charge in [0, 0.05) is 62.4 Å². The second-order valence-corrected chi connectivity index (χ2v) is 20.6. The monoisotopic (exact) mass is 1140 g/mol. The molecule has 3 amide bonds. The van der Waals surface area contributed by atoms with E-state index in [0.29, 0.717) is 53.4 Å². The maximum absolute atomic E-state index is 17.0. The van der Waals surface area contributed by atoms with Crippen LogP contribution in [0.2, 0.25) is 0 Å². The highest BCUT2D eigenvalue weighted by molar-refractivity contribution is 6.23. The van der Waals surface area contributed by atoms with Gasteiger partial charge in [-0.3, -0.25) is 43.9 Å². The number of piperazine rings is 1. The van der Waals surface area contributed by atoms with Crippen molar-refractivity contribution in [1.82, 2.24) is 14.7 Å². The molecule has 6 aromatic rings. The van der Waals surface area contributed by atoms with Gasteiger partial charge in [0.05, 0.1) is 49.4 Å². The van der Waals surface area contributed by atoms with Crippen LogP contribution in [0, 0.1) is 33.8 Å². The lowest BCUT2D eigenvalue weighted by molar-refractivity contribution is -0.384. The molecule has 21 nitrogen and oxygen atoms in total. The number of aliphatic hydroxyl groups is 1. The number of nitro benzene ring substituents is 1. The van der Waals surface area contributed by atoms with Gasteiger partial charge < -0.3 is 43.2 Å². The number of rotatable bonds is 15. The number of methoxy groups -OCH3 is 2. The number of morpholine rings is 1. The van der Waals surface area contributed by atoms with Crippen molar-refractivity contribution in [3.05, 3.63) is 195 Å². The fraction of sp³-hybridized carbons (Fsp3) is 0.302. The molecule has 1 N–H and O–H groups in total. The van der Waals surface area contributed by atoms with Crippen molar-refractivity contribution in [3.8, 4) is 29.1 Å². The zero-order valence-electron chi connectivity index (χ0n) is 45.7. The smallest absolute Gasteiger partial charge is 0.421 e. The number of aliphatic hydroxyl groups excluding tert-OH is 1. The minimum atomic E-state index is -2.29. The first-order valence-electron chi connectivity index (χ1n) is 27.2. The van der Waals surface area contributed by atoms with E-state index in [9.17, 15) is 24.8 Å². The number of hydrogen-bond donors (Lipinski definition) is 1. The Kier molecular flexibility index (Phi) is 16.1. The van der Waals surface area contributed by atoms with Crippen LogP contribution in [-0.4, -0.2) is 127 Å². The molecule has 6 aromatic carbocycles. The van der Waals surface area contributed by atoms with Gasteiger partial charge in [-0.2, -0.15) is 0 Å². The number of ether oxygens (including phenoxy) is 7. The molecule has 3 fully saturated rings. The Hall–Kier alpha value is -9.62. The number of nitrogens with zero attached hydrogens (tertiary/aromatic N) is 5. The number of para-hydroxylation sites is 1. The molecule has 5 aliphatic heterocycles. The Balaban J connectivity index is 1.12. The van der Waals surface area contributed by atoms with Gasteiger partial charge in [0.1, 0.15) is 36.5 Å². The summed E-state index contributed by atoms with van der Waals surface area (Å²) in [6.07, 6.45) is -2.57. The molecule has 430 valence electrons. The second-order valence-electron chi connectivity index (χ2n) is 20.6. The number of hydrogen-bond acceptors (Lipinski definition) is 18. The van der Waals surface area contributed by atoms with E-state index in [0.717, 1.165) is 24.7 Å². The molecule has 0 aromatic heterocycles. The van der Waals surface area contributed by atoms with Gasteiger partial charge in [0.15, 0.2) is 17.4 Å². The van der Waals surface area contributed by atoms with E-state index < -0.39 is 95.4 Å². The first-order valence-corrected chi connectivity index (χ1v) is 27.2. The van der Waals surface area contributed by atoms with E-state index in [4.69, 9.17) is 33.2 Å². The summed E-state index contributed by atoms with van der Waals surface area (Å²) in [5, 5.41) is 21.8. The molecule has 3 saturated heterocycles. The molecule has 0 unspecified atom stereocenters. The minimum Gasteiger partial charge on any atom is -0.491 e. The van der Waals surface area contributed by atoms with E-state index >= 15 is 19.2 Å². The molecule has 11 rings (SSSR count). The van der Waals surface area contributed by atoms with E-state index in [2.05, 4.69) is 16.7 Å². The fourth-order valence-electron chi connectivity index (χ4n) is 12.3. The van der Waals surface area contributed by atoms with Gasteiger partial charge in [0.25, 0.3) is 5.69 Å².